The molecule has 0 radical (unpaired) electrons. The summed E-state index contributed by atoms with van der Waals surface area (Å²) in [5.74, 6) is 0. The van der Waals surface area contributed by atoms with Gasteiger partial charge in [0.05, 0.1) is 0 Å². The summed E-state index contributed by atoms with van der Waals surface area (Å²) in [4.78, 5) is 2.19. The zero-order valence-electron chi connectivity index (χ0n) is 8.75. The van der Waals surface area contributed by atoms with Crippen LogP contribution in [0.2, 0.25) is 0 Å². The van der Waals surface area contributed by atoms with Crippen LogP contribution in [0.4, 0.5) is 0 Å². The van der Waals surface area contributed by atoms with Crippen LogP contribution < -0.4 is 0 Å². The maximum atomic E-state index is 5.03. The number of hydrogen-bond donors (Lipinski definition) is 1. The summed E-state index contributed by atoms with van der Waals surface area (Å²) in [5.41, 5.74) is 0. The Kier molecular flexibility index (Phi) is 14.4. The van der Waals surface area contributed by atoms with Crippen LogP contribution >= 0.6 is 24.8 Å². The summed E-state index contributed by atoms with van der Waals surface area (Å²) in [6.07, 6.45) is 4.87. The van der Waals surface area contributed by atoms with E-state index in [4.69, 9.17) is 12.2 Å². The third kappa shape index (κ3) is 9.48. The molecule has 0 rings (SSSR count). The molecule has 0 aliphatic heterocycles. The van der Waals surface area contributed by atoms with Gasteiger partial charge >= 0.3 is 27.7 Å². The van der Waals surface area contributed by atoms with E-state index in [0.29, 0.717) is 0 Å². The number of hydrogen-bond acceptors (Lipinski definition) is 1. The van der Waals surface area contributed by atoms with E-state index >= 15 is 0 Å². The largest absolute Gasteiger partial charge is 2.00 e. The second-order valence-electron chi connectivity index (χ2n) is 2.98. The van der Waals surface area contributed by atoms with Crippen molar-refractivity contribution >= 4 is 29.2 Å². The standard InChI is InChI=1S/C9H19NS2.Hg/c1-3-5-7-10(9(11)12)8-6-4-2;/h3-8H2,1-2H3,(H,11,12);/q;+2. The van der Waals surface area contributed by atoms with E-state index in [2.05, 4.69) is 31.4 Å². The summed E-state index contributed by atoms with van der Waals surface area (Å²) < 4.78 is 0.747. The number of thiocarbonyl (C=S) groups is 1. The van der Waals surface area contributed by atoms with Crippen LogP contribution in [0, 0.1) is 0 Å². The topological polar surface area (TPSA) is 3.24 Å². The zero-order chi connectivity index (χ0) is 9.40. The Morgan fingerprint density at radius 3 is 1.77 bits per heavy atom. The van der Waals surface area contributed by atoms with Crippen molar-refractivity contribution < 1.29 is 27.7 Å². The average Bonchev–Trinajstić information content (AvgIpc) is 2.04. The summed E-state index contributed by atoms with van der Waals surface area (Å²) in [6.45, 7) is 6.52. The molecule has 1 nitrogen and oxygen atoms in total. The maximum Gasteiger partial charge on any atom is 2.00 e. The van der Waals surface area contributed by atoms with Gasteiger partial charge in [-0.05, 0) is 12.8 Å². The van der Waals surface area contributed by atoms with E-state index < -0.39 is 0 Å². The normalized spacial score (nSPS) is 9.15. The molecule has 0 aromatic heterocycles. The number of thiol groups is 1. The molecule has 0 saturated heterocycles. The fourth-order valence-corrected chi connectivity index (χ4v) is 1.38. The number of nitrogens with zero attached hydrogens (tertiary/aromatic N) is 1. The van der Waals surface area contributed by atoms with Gasteiger partial charge in [-0.2, -0.15) is 0 Å². The van der Waals surface area contributed by atoms with E-state index in [0.717, 1.165) is 17.4 Å². The molecule has 4 heteroatoms. The predicted molar refractivity (Wildman–Crippen MR) is 63.0 cm³/mol. The van der Waals surface area contributed by atoms with Crippen molar-refractivity contribution in [2.45, 2.75) is 39.5 Å². The first-order chi connectivity index (χ1) is 5.72. The van der Waals surface area contributed by atoms with Crippen LogP contribution in [0.25, 0.3) is 0 Å². The molecule has 0 saturated carbocycles. The Balaban J connectivity index is 0. The third-order valence-corrected chi connectivity index (χ3v) is 2.37. The molecular formula is C9H19HgNS2+2. The Morgan fingerprint density at radius 1 is 1.15 bits per heavy atom. The van der Waals surface area contributed by atoms with Gasteiger partial charge in [-0.3, -0.25) is 0 Å². The number of rotatable bonds is 6. The summed E-state index contributed by atoms with van der Waals surface area (Å²) in [5, 5.41) is 0. The second kappa shape index (κ2) is 11.3. The third-order valence-electron chi connectivity index (χ3n) is 1.83. The molecule has 0 atom stereocenters. The van der Waals surface area contributed by atoms with Crippen LogP contribution in [-0.2, 0) is 27.7 Å². The number of unbranched alkanes of at least 4 members (excludes halogenated alkanes) is 2. The molecule has 0 N–H and O–H groups in total. The molecule has 0 heterocycles. The predicted octanol–water partition coefficient (Wildman–Crippen LogP) is 3.10. The van der Waals surface area contributed by atoms with Crippen molar-refractivity contribution in [3.05, 3.63) is 0 Å². The average molecular weight is 406 g/mol. The Labute approximate surface area is 114 Å². The smallest absolute Gasteiger partial charge is 0.358 e. The van der Waals surface area contributed by atoms with Crippen LogP contribution in [0.5, 0.6) is 0 Å². The summed E-state index contributed by atoms with van der Waals surface area (Å²) in [6, 6.07) is 0. The molecule has 0 fully saturated rings. The van der Waals surface area contributed by atoms with Gasteiger partial charge in [-0.1, -0.05) is 38.9 Å². The molecule has 0 aliphatic carbocycles. The Hall–Kier alpha value is 1.18. The first kappa shape index (κ1) is 16.6. The molecule has 72 valence electrons. The maximum absolute atomic E-state index is 5.03. The first-order valence-corrected chi connectivity index (χ1v) is 5.55. The molecular weight excluding hydrogens is 387 g/mol. The van der Waals surface area contributed by atoms with Crippen molar-refractivity contribution in [1.82, 2.24) is 4.90 Å². The van der Waals surface area contributed by atoms with Gasteiger partial charge in [0.2, 0.25) is 0 Å². The van der Waals surface area contributed by atoms with E-state index in [1.807, 2.05) is 0 Å². The summed E-state index contributed by atoms with van der Waals surface area (Å²) >= 11 is 9.23. The molecule has 0 amide bonds. The molecule has 0 unspecified atom stereocenters. The minimum Gasteiger partial charge on any atom is -0.358 e. The first-order valence-electron chi connectivity index (χ1n) is 4.70. The van der Waals surface area contributed by atoms with E-state index in [9.17, 15) is 0 Å². The minimum atomic E-state index is 0. The van der Waals surface area contributed by atoms with Crippen molar-refractivity contribution in [2.24, 2.45) is 0 Å². The van der Waals surface area contributed by atoms with E-state index in [1.165, 1.54) is 25.7 Å². The van der Waals surface area contributed by atoms with Gasteiger partial charge in [-0.15, -0.1) is 12.6 Å². The molecule has 13 heavy (non-hydrogen) atoms. The van der Waals surface area contributed by atoms with Crippen LogP contribution in [0.15, 0.2) is 0 Å². The van der Waals surface area contributed by atoms with E-state index in [-0.39, 0.29) is 27.7 Å². The quantitative estimate of drug-likeness (QED) is 0.411. The van der Waals surface area contributed by atoms with Crippen LogP contribution in [0.3, 0.4) is 0 Å². The van der Waals surface area contributed by atoms with Gasteiger partial charge in [-0.25, -0.2) is 0 Å². The Bertz CT molecular complexity index is 123. The SMILES string of the molecule is CCCCN(CCCC)C(=S)S.[Hg+2]. The van der Waals surface area contributed by atoms with E-state index in [1.54, 1.807) is 0 Å². The fourth-order valence-electron chi connectivity index (χ4n) is 1.00. The summed E-state index contributed by atoms with van der Waals surface area (Å²) in [7, 11) is 0. The van der Waals surface area contributed by atoms with Crippen LogP contribution in [-0.4, -0.2) is 22.3 Å². The van der Waals surface area contributed by atoms with Crippen molar-refractivity contribution in [1.29, 1.82) is 0 Å². The van der Waals surface area contributed by atoms with Crippen molar-refractivity contribution in [3.8, 4) is 0 Å². The van der Waals surface area contributed by atoms with Crippen LogP contribution in [0.1, 0.15) is 39.5 Å². The monoisotopic (exact) mass is 407 g/mol. The molecule has 0 aromatic rings. The molecule has 0 bridgehead atoms. The van der Waals surface area contributed by atoms with Gasteiger partial charge < -0.3 is 4.90 Å². The van der Waals surface area contributed by atoms with Gasteiger partial charge in [0.1, 0.15) is 4.32 Å². The molecule has 0 aromatic carbocycles. The van der Waals surface area contributed by atoms with Gasteiger partial charge in [0.15, 0.2) is 0 Å². The van der Waals surface area contributed by atoms with Gasteiger partial charge in [0.25, 0.3) is 0 Å². The molecule has 0 spiro atoms. The fraction of sp³-hybridized carbons (Fsp3) is 0.889. The molecule has 0 aliphatic rings. The van der Waals surface area contributed by atoms with Crippen molar-refractivity contribution in [3.63, 3.8) is 0 Å². The van der Waals surface area contributed by atoms with Crippen molar-refractivity contribution in [2.75, 3.05) is 13.1 Å². The second-order valence-corrected chi connectivity index (χ2v) is 4.09. The Morgan fingerprint density at radius 2 is 1.54 bits per heavy atom. The minimum absolute atomic E-state index is 0. The van der Waals surface area contributed by atoms with Gasteiger partial charge in [0, 0.05) is 13.1 Å². The zero-order valence-corrected chi connectivity index (χ0v) is 16.0.